The Labute approximate surface area is 120 Å². The zero-order chi connectivity index (χ0) is 13.0. The van der Waals surface area contributed by atoms with E-state index >= 15 is 0 Å². The molecule has 0 N–H and O–H groups in total. The van der Waals surface area contributed by atoms with E-state index in [9.17, 15) is 4.79 Å². The van der Waals surface area contributed by atoms with Gasteiger partial charge in [0.05, 0.1) is 0 Å². The van der Waals surface area contributed by atoms with Crippen LogP contribution < -0.4 is 0 Å². The lowest BCUT2D eigenvalue weighted by atomic mass is 9.82. The predicted molar refractivity (Wildman–Crippen MR) is 78.9 cm³/mol. The van der Waals surface area contributed by atoms with Gasteiger partial charge in [-0.05, 0) is 57.3 Å². The molecule has 1 atom stereocenters. The third-order valence-corrected chi connectivity index (χ3v) is 5.26. The van der Waals surface area contributed by atoms with Crippen LogP contribution in [0.15, 0.2) is 0 Å². The van der Waals surface area contributed by atoms with Gasteiger partial charge in [0, 0.05) is 23.8 Å². The van der Waals surface area contributed by atoms with Crippen LogP contribution in [-0.4, -0.2) is 28.7 Å². The first-order chi connectivity index (χ1) is 8.72. The predicted octanol–water partition coefficient (Wildman–Crippen LogP) is 3.98. The molecule has 18 heavy (non-hydrogen) atoms. The normalized spacial score (nSPS) is 32.8. The SMILES string of the molecule is CC1CCC(C(=O)N2CCCC2CCCBr)CC1. The van der Waals surface area contributed by atoms with Crippen molar-refractivity contribution in [1.82, 2.24) is 4.90 Å². The van der Waals surface area contributed by atoms with Gasteiger partial charge in [-0.15, -0.1) is 0 Å². The fourth-order valence-corrected chi connectivity index (χ4v) is 3.80. The van der Waals surface area contributed by atoms with Crippen LogP contribution in [-0.2, 0) is 4.79 Å². The first-order valence-electron chi connectivity index (χ1n) is 7.58. The minimum atomic E-state index is 0.339. The van der Waals surface area contributed by atoms with E-state index in [0.29, 0.717) is 17.9 Å². The minimum Gasteiger partial charge on any atom is -0.339 e. The number of halogens is 1. The Bertz CT molecular complexity index is 274. The first kappa shape index (κ1) is 14.4. The quantitative estimate of drug-likeness (QED) is 0.719. The summed E-state index contributed by atoms with van der Waals surface area (Å²) < 4.78 is 0. The first-order valence-corrected chi connectivity index (χ1v) is 8.71. The van der Waals surface area contributed by atoms with Gasteiger partial charge in [0.2, 0.25) is 5.91 Å². The monoisotopic (exact) mass is 315 g/mol. The number of hydrogen-bond donors (Lipinski definition) is 0. The molecule has 0 aromatic heterocycles. The second-order valence-electron chi connectivity index (χ2n) is 6.12. The molecule has 0 spiro atoms. The number of carbonyl (C=O) groups excluding carboxylic acids is 1. The van der Waals surface area contributed by atoms with E-state index in [2.05, 4.69) is 27.8 Å². The van der Waals surface area contributed by atoms with Gasteiger partial charge in [-0.3, -0.25) is 4.79 Å². The summed E-state index contributed by atoms with van der Waals surface area (Å²) in [7, 11) is 0. The summed E-state index contributed by atoms with van der Waals surface area (Å²) in [6.45, 7) is 3.33. The van der Waals surface area contributed by atoms with E-state index in [1.807, 2.05) is 0 Å². The van der Waals surface area contributed by atoms with E-state index in [-0.39, 0.29) is 0 Å². The van der Waals surface area contributed by atoms with Gasteiger partial charge >= 0.3 is 0 Å². The van der Waals surface area contributed by atoms with Crippen molar-refractivity contribution in [2.24, 2.45) is 11.8 Å². The number of nitrogens with zero attached hydrogens (tertiary/aromatic N) is 1. The molecule has 1 heterocycles. The Morgan fingerprint density at radius 2 is 1.94 bits per heavy atom. The van der Waals surface area contributed by atoms with Crippen molar-refractivity contribution < 1.29 is 4.79 Å². The van der Waals surface area contributed by atoms with Crippen LogP contribution in [0, 0.1) is 11.8 Å². The molecule has 1 amide bonds. The van der Waals surface area contributed by atoms with Crippen LogP contribution in [0.25, 0.3) is 0 Å². The fraction of sp³-hybridized carbons (Fsp3) is 0.933. The second-order valence-corrected chi connectivity index (χ2v) is 6.91. The molecule has 0 aromatic carbocycles. The molecule has 1 unspecified atom stereocenters. The summed E-state index contributed by atoms with van der Waals surface area (Å²) in [5.74, 6) is 1.64. The van der Waals surface area contributed by atoms with Crippen molar-refractivity contribution in [2.75, 3.05) is 11.9 Å². The van der Waals surface area contributed by atoms with Crippen LogP contribution in [0.1, 0.15) is 58.3 Å². The van der Waals surface area contributed by atoms with Gasteiger partial charge in [-0.2, -0.15) is 0 Å². The van der Waals surface area contributed by atoms with E-state index in [0.717, 1.165) is 30.6 Å². The number of hydrogen-bond acceptors (Lipinski definition) is 1. The Morgan fingerprint density at radius 3 is 2.61 bits per heavy atom. The van der Waals surface area contributed by atoms with Gasteiger partial charge in [0.1, 0.15) is 0 Å². The summed E-state index contributed by atoms with van der Waals surface area (Å²) >= 11 is 3.49. The highest BCUT2D eigenvalue weighted by molar-refractivity contribution is 9.09. The molecule has 0 bridgehead atoms. The number of alkyl halides is 1. The number of rotatable bonds is 4. The highest BCUT2D eigenvalue weighted by Gasteiger charge is 2.33. The highest BCUT2D eigenvalue weighted by atomic mass is 79.9. The molecule has 0 aromatic rings. The molecule has 2 rings (SSSR count). The number of carbonyl (C=O) groups is 1. The van der Waals surface area contributed by atoms with Crippen molar-refractivity contribution in [3.63, 3.8) is 0 Å². The zero-order valence-corrected chi connectivity index (χ0v) is 13.1. The van der Waals surface area contributed by atoms with E-state index < -0.39 is 0 Å². The van der Waals surface area contributed by atoms with Crippen molar-refractivity contribution in [1.29, 1.82) is 0 Å². The molecule has 2 fully saturated rings. The lowest BCUT2D eigenvalue weighted by molar-refractivity contribution is -0.137. The minimum absolute atomic E-state index is 0.339. The fourth-order valence-electron chi connectivity index (χ4n) is 3.48. The van der Waals surface area contributed by atoms with Gasteiger partial charge < -0.3 is 4.90 Å². The smallest absolute Gasteiger partial charge is 0.225 e. The lowest BCUT2D eigenvalue weighted by Crippen LogP contribution is -2.40. The van der Waals surface area contributed by atoms with Crippen molar-refractivity contribution in [3.05, 3.63) is 0 Å². The molecule has 104 valence electrons. The maximum atomic E-state index is 12.6. The van der Waals surface area contributed by atoms with Crippen LogP contribution in [0.4, 0.5) is 0 Å². The molecule has 1 aliphatic carbocycles. The highest BCUT2D eigenvalue weighted by Crippen LogP contribution is 2.32. The number of likely N-dealkylation sites (tertiary alicyclic amines) is 1. The Kier molecular flexibility index (Phi) is 5.53. The van der Waals surface area contributed by atoms with Crippen LogP contribution in [0.5, 0.6) is 0 Å². The average Bonchev–Trinajstić information content (AvgIpc) is 2.84. The maximum Gasteiger partial charge on any atom is 0.225 e. The molecule has 1 saturated heterocycles. The standard InChI is InChI=1S/C15H26BrNO/c1-12-6-8-13(9-7-12)15(18)17-11-3-5-14(17)4-2-10-16/h12-14H,2-11H2,1H3. The molecular weight excluding hydrogens is 290 g/mol. The number of amides is 1. The molecule has 1 saturated carbocycles. The van der Waals surface area contributed by atoms with Crippen molar-refractivity contribution in [2.45, 2.75) is 64.3 Å². The van der Waals surface area contributed by atoms with Gasteiger partial charge in [0.25, 0.3) is 0 Å². The Hall–Kier alpha value is -0.0500. The third-order valence-electron chi connectivity index (χ3n) is 4.70. The van der Waals surface area contributed by atoms with E-state index in [4.69, 9.17) is 0 Å². The summed E-state index contributed by atoms with van der Waals surface area (Å²) in [6, 6.07) is 0.536. The van der Waals surface area contributed by atoms with Crippen molar-refractivity contribution >= 4 is 21.8 Å². The molecular formula is C15H26BrNO. The Morgan fingerprint density at radius 1 is 1.22 bits per heavy atom. The molecule has 2 nitrogen and oxygen atoms in total. The summed E-state index contributed by atoms with van der Waals surface area (Å²) in [5, 5.41) is 1.06. The van der Waals surface area contributed by atoms with Gasteiger partial charge in [-0.25, -0.2) is 0 Å². The topological polar surface area (TPSA) is 20.3 Å². The molecule has 0 radical (unpaired) electrons. The van der Waals surface area contributed by atoms with Crippen molar-refractivity contribution in [3.8, 4) is 0 Å². The van der Waals surface area contributed by atoms with Crippen LogP contribution >= 0.6 is 15.9 Å². The maximum absolute atomic E-state index is 12.6. The van der Waals surface area contributed by atoms with Crippen LogP contribution in [0.3, 0.4) is 0 Å². The van der Waals surface area contributed by atoms with Gasteiger partial charge in [-0.1, -0.05) is 22.9 Å². The summed E-state index contributed by atoms with van der Waals surface area (Å²) in [6.07, 6.45) is 9.55. The third kappa shape index (κ3) is 3.49. The lowest BCUT2D eigenvalue weighted by Gasteiger charge is -2.32. The van der Waals surface area contributed by atoms with Crippen LogP contribution in [0.2, 0.25) is 0 Å². The summed E-state index contributed by atoms with van der Waals surface area (Å²) in [5.41, 5.74) is 0. The average molecular weight is 316 g/mol. The zero-order valence-electron chi connectivity index (χ0n) is 11.5. The second kappa shape index (κ2) is 6.93. The molecule has 2 aliphatic rings. The summed E-state index contributed by atoms with van der Waals surface area (Å²) in [4.78, 5) is 14.8. The Balaban J connectivity index is 1.87. The van der Waals surface area contributed by atoms with E-state index in [1.165, 1.54) is 38.5 Å². The van der Waals surface area contributed by atoms with Gasteiger partial charge in [0.15, 0.2) is 0 Å². The van der Waals surface area contributed by atoms with E-state index in [1.54, 1.807) is 0 Å². The largest absolute Gasteiger partial charge is 0.339 e. The molecule has 3 heteroatoms. The molecule has 1 aliphatic heterocycles.